The number of hydrogen-bond acceptors (Lipinski definition) is 6. The second-order valence-electron chi connectivity index (χ2n) is 14.3. The number of aromatic amines is 2. The summed E-state index contributed by atoms with van der Waals surface area (Å²) in [6.45, 7) is 14.0. The first-order valence-corrected chi connectivity index (χ1v) is 17.3. The lowest BCUT2D eigenvalue weighted by atomic mass is 9.96. The summed E-state index contributed by atoms with van der Waals surface area (Å²) in [6.07, 6.45) is 5.44. The van der Waals surface area contributed by atoms with E-state index in [1.807, 2.05) is 60.4 Å². The maximum Gasteiger partial charge on any atom is 0.240 e. The Hall–Kier alpha value is -4.28. The summed E-state index contributed by atoms with van der Waals surface area (Å²) in [5.41, 5.74) is 6.21. The molecule has 10 heteroatoms. The van der Waals surface area contributed by atoms with E-state index in [0.29, 0.717) is 0 Å². The molecule has 2 fully saturated rings. The van der Waals surface area contributed by atoms with Crippen molar-refractivity contribution in [1.29, 1.82) is 0 Å². The van der Waals surface area contributed by atoms with Gasteiger partial charge in [0.15, 0.2) is 0 Å². The van der Waals surface area contributed by atoms with Crippen LogP contribution in [0.15, 0.2) is 60.9 Å². The molecule has 254 valence electrons. The van der Waals surface area contributed by atoms with Gasteiger partial charge in [-0.25, -0.2) is 20.0 Å². The van der Waals surface area contributed by atoms with Crippen molar-refractivity contribution in [3.05, 3.63) is 72.6 Å². The zero-order valence-corrected chi connectivity index (χ0v) is 29.6. The molecule has 2 aliphatic rings. The van der Waals surface area contributed by atoms with Crippen LogP contribution in [0.25, 0.3) is 33.6 Å². The highest BCUT2D eigenvalue weighted by Gasteiger charge is 2.40. The Balaban J connectivity index is 1.13. The number of hydrogen-bond donors (Lipinski definition) is 2. The molecule has 0 bridgehead atoms. The Kier molecular flexibility index (Phi) is 9.58. The van der Waals surface area contributed by atoms with E-state index in [4.69, 9.17) is 9.97 Å². The highest BCUT2D eigenvalue weighted by Crippen LogP contribution is 2.35. The Morgan fingerprint density at radius 3 is 1.27 bits per heavy atom. The quantitative estimate of drug-likeness (QED) is 0.203. The lowest BCUT2D eigenvalue weighted by Gasteiger charge is -2.32. The van der Waals surface area contributed by atoms with Crippen molar-refractivity contribution < 1.29 is 9.59 Å². The van der Waals surface area contributed by atoms with Crippen LogP contribution >= 0.6 is 0 Å². The summed E-state index contributed by atoms with van der Waals surface area (Å²) in [5.74, 6) is 2.39. The van der Waals surface area contributed by atoms with Gasteiger partial charge in [-0.1, -0.05) is 90.1 Å². The van der Waals surface area contributed by atoms with E-state index in [1.54, 1.807) is 0 Å². The average Bonchev–Trinajstić information content (AvgIpc) is 3.90. The van der Waals surface area contributed by atoms with Crippen molar-refractivity contribution in [2.75, 3.05) is 27.2 Å². The smallest absolute Gasteiger partial charge is 0.240 e. The number of carbonyl (C=O) groups is 2. The molecule has 4 unspecified atom stereocenters. The van der Waals surface area contributed by atoms with E-state index in [0.717, 1.165) is 71.2 Å². The van der Waals surface area contributed by atoms with Crippen LogP contribution in [0.1, 0.15) is 78.1 Å². The third-order valence-corrected chi connectivity index (χ3v) is 10.6. The number of carbonyl (C=O) groups excluding carboxylic acids is 2. The predicted molar refractivity (Wildman–Crippen MR) is 189 cm³/mol. The molecule has 0 saturated carbocycles. The molecule has 6 rings (SSSR count). The Bertz CT molecular complexity index is 1600. The van der Waals surface area contributed by atoms with Gasteiger partial charge in [-0.05, 0) is 46.9 Å². The Labute approximate surface area is 284 Å². The fourth-order valence-electron chi connectivity index (χ4n) is 6.68. The van der Waals surface area contributed by atoms with Crippen LogP contribution in [0, 0.1) is 23.7 Å². The molecular formula is C38H50N8O2. The second-order valence-corrected chi connectivity index (χ2v) is 14.3. The number of nitrogens with zero attached hydrogens (tertiary/aromatic N) is 6. The van der Waals surface area contributed by atoms with Gasteiger partial charge in [0.2, 0.25) is 11.8 Å². The minimum absolute atomic E-state index is 0.0541. The number of nitrogens with one attached hydrogen (secondary N) is 2. The Morgan fingerprint density at radius 1 is 0.604 bits per heavy atom. The summed E-state index contributed by atoms with van der Waals surface area (Å²) in [6, 6.07) is 16.8. The highest BCUT2D eigenvalue weighted by atomic mass is 16.2. The van der Waals surface area contributed by atoms with E-state index in [1.165, 1.54) is 0 Å². The first-order valence-electron chi connectivity index (χ1n) is 17.3. The minimum atomic E-state index is -0.0873. The van der Waals surface area contributed by atoms with Gasteiger partial charge in [-0.15, -0.1) is 0 Å². The maximum absolute atomic E-state index is 13.3. The molecule has 4 atom stereocenters. The van der Waals surface area contributed by atoms with Crippen molar-refractivity contribution in [2.45, 2.75) is 66.5 Å². The van der Waals surface area contributed by atoms with Gasteiger partial charge in [0.05, 0.1) is 23.8 Å². The van der Waals surface area contributed by atoms with Crippen LogP contribution in [0.3, 0.4) is 0 Å². The summed E-state index contributed by atoms with van der Waals surface area (Å²) >= 11 is 0. The molecule has 4 heterocycles. The van der Waals surface area contributed by atoms with Crippen molar-refractivity contribution in [3.8, 4) is 33.6 Å². The number of imidazole rings is 2. The van der Waals surface area contributed by atoms with Gasteiger partial charge < -0.3 is 9.97 Å². The lowest BCUT2D eigenvalue weighted by molar-refractivity contribution is -0.152. The largest absolute Gasteiger partial charge is 0.340 e. The summed E-state index contributed by atoms with van der Waals surface area (Å²) in [4.78, 5) is 43.0. The first-order chi connectivity index (χ1) is 22.9. The second kappa shape index (κ2) is 13.7. The van der Waals surface area contributed by atoms with E-state index >= 15 is 0 Å². The van der Waals surface area contributed by atoms with Crippen LogP contribution in [-0.4, -0.2) is 79.0 Å². The molecule has 2 aliphatic heterocycles. The van der Waals surface area contributed by atoms with Crippen molar-refractivity contribution >= 4 is 11.8 Å². The van der Waals surface area contributed by atoms with Crippen LogP contribution in [-0.2, 0) is 9.59 Å². The number of hydrazine groups is 2. The standard InChI is InChI=1S/C38H50N8O2/c1-23(2)25(5)37(47)45-33(17-19-43(45)7)35-39-21-31(41-35)29-13-9-27(10-14-29)28-11-15-30(16-12-28)32-22-40-36(42-32)34-18-20-44(8)46(34)38(48)26(6)24(3)4/h9-16,21-26,33-34H,17-20H2,1-8H3,(H,39,41)(H,40,42). The third kappa shape index (κ3) is 6.43. The van der Waals surface area contributed by atoms with E-state index in [9.17, 15) is 9.59 Å². The summed E-state index contributed by atoms with van der Waals surface area (Å²) in [5, 5.41) is 7.83. The number of benzene rings is 2. The topological polar surface area (TPSA) is 104 Å². The normalized spacial score (nSPS) is 20.3. The van der Waals surface area contributed by atoms with Gasteiger partial charge in [-0.3, -0.25) is 19.6 Å². The Morgan fingerprint density at radius 2 is 0.938 bits per heavy atom. The van der Waals surface area contributed by atoms with E-state index in [-0.39, 0.29) is 47.6 Å². The predicted octanol–water partition coefficient (Wildman–Crippen LogP) is 6.96. The van der Waals surface area contributed by atoms with Crippen molar-refractivity contribution in [1.82, 2.24) is 40.0 Å². The lowest BCUT2D eigenvalue weighted by Crippen LogP contribution is -2.44. The fraction of sp³-hybridized carbons (Fsp3) is 0.474. The molecule has 2 aromatic heterocycles. The molecule has 0 spiro atoms. The van der Waals surface area contributed by atoms with Gasteiger partial charge in [0.1, 0.15) is 23.7 Å². The fourth-order valence-corrected chi connectivity index (χ4v) is 6.68. The monoisotopic (exact) mass is 650 g/mol. The van der Waals surface area contributed by atoms with Gasteiger partial charge in [-0.2, -0.15) is 0 Å². The molecule has 0 aliphatic carbocycles. The highest BCUT2D eigenvalue weighted by molar-refractivity contribution is 5.79. The summed E-state index contributed by atoms with van der Waals surface area (Å²) in [7, 11) is 3.96. The van der Waals surface area contributed by atoms with Gasteiger partial charge in [0.25, 0.3) is 0 Å². The average molecular weight is 651 g/mol. The van der Waals surface area contributed by atoms with Gasteiger partial charge in [0, 0.05) is 39.0 Å². The number of H-pyrrole nitrogens is 2. The first kappa shape index (κ1) is 33.6. The van der Waals surface area contributed by atoms with E-state index < -0.39 is 0 Å². The molecule has 2 N–H and O–H groups in total. The van der Waals surface area contributed by atoms with Crippen LogP contribution in [0.2, 0.25) is 0 Å². The molecule has 4 aromatic rings. The van der Waals surface area contributed by atoms with Crippen LogP contribution in [0.5, 0.6) is 0 Å². The van der Waals surface area contributed by atoms with Crippen molar-refractivity contribution in [3.63, 3.8) is 0 Å². The zero-order chi connectivity index (χ0) is 34.3. The number of rotatable bonds is 9. The molecular weight excluding hydrogens is 600 g/mol. The molecule has 2 amide bonds. The summed E-state index contributed by atoms with van der Waals surface area (Å²) < 4.78 is 0. The minimum Gasteiger partial charge on any atom is -0.340 e. The number of aromatic nitrogens is 4. The zero-order valence-electron chi connectivity index (χ0n) is 29.6. The molecule has 48 heavy (non-hydrogen) atoms. The molecule has 10 nitrogen and oxygen atoms in total. The van der Waals surface area contributed by atoms with Gasteiger partial charge >= 0.3 is 0 Å². The van der Waals surface area contributed by atoms with Crippen LogP contribution in [0.4, 0.5) is 0 Å². The van der Waals surface area contributed by atoms with E-state index in [2.05, 4.69) is 86.2 Å². The maximum atomic E-state index is 13.3. The SMILES string of the molecule is CC(C)C(C)C(=O)N1C(c2ncc(-c3ccc(-c4ccc(-c5cnc(C6CCN(C)N6C(=O)C(C)C(C)C)[nH]5)cc4)cc3)[nH]2)CCN1C. The molecule has 2 aromatic carbocycles. The molecule has 2 saturated heterocycles. The third-order valence-electron chi connectivity index (χ3n) is 10.6. The van der Waals surface area contributed by atoms with Crippen LogP contribution < -0.4 is 0 Å². The number of amides is 2. The van der Waals surface area contributed by atoms with Crippen molar-refractivity contribution in [2.24, 2.45) is 23.7 Å². The molecule has 0 radical (unpaired) electrons.